The lowest BCUT2D eigenvalue weighted by atomic mass is 9.99. The van der Waals surface area contributed by atoms with Crippen LogP contribution in [0, 0.1) is 0 Å². The number of hydrogen-bond donors (Lipinski definition) is 2. The summed E-state index contributed by atoms with van der Waals surface area (Å²) in [5.41, 5.74) is 1.27. The third-order valence-corrected chi connectivity index (χ3v) is 2.72. The minimum absolute atomic E-state index is 0.00796. The van der Waals surface area contributed by atoms with E-state index in [1.54, 1.807) is 12.1 Å². The van der Waals surface area contributed by atoms with Crippen LogP contribution in [0.2, 0.25) is 0 Å². The van der Waals surface area contributed by atoms with Crippen molar-refractivity contribution in [3.63, 3.8) is 0 Å². The Bertz CT molecular complexity index is 422. The van der Waals surface area contributed by atoms with Crippen LogP contribution in [0.15, 0.2) is 18.7 Å². The van der Waals surface area contributed by atoms with E-state index in [2.05, 4.69) is 13.5 Å². The molecule has 1 aromatic rings. The Morgan fingerprint density at radius 2 is 2.12 bits per heavy atom. The van der Waals surface area contributed by atoms with Gasteiger partial charge in [-0.25, -0.2) is 4.79 Å². The van der Waals surface area contributed by atoms with Crippen molar-refractivity contribution in [2.75, 3.05) is 0 Å². The van der Waals surface area contributed by atoms with Gasteiger partial charge in [0, 0.05) is 5.56 Å². The zero-order valence-corrected chi connectivity index (χ0v) is 10.1. The minimum atomic E-state index is -1.03. The largest absolute Gasteiger partial charge is 0.507 e. The van der Waals surface area contributed by atoms with Crippen LogP contribution in [0.5, 0.6) is 5.75 Å². The third kappa shape index (κ3) is 3.34. The molecule has 0 fully saturated rings. The molecule has 0 heterocycles. The molecule has 92 valence electrons. The Hall–Kier alpha value is -1.77. The van der Waals surface area contributed by atoms with E-state index in [0.717, 1.165) is 31.2 Å². The van der Waals surface area contributed by atoms with Crippen LogP contribution >= 0.6 is 0 Å². The van der Waals surface area contributed by atoms with E-state index in [1.165, 1.54) is 6.08 Å². The van der Waals surface area contributed by atoms with E-state index in [0.29, 0.717) is 0 Å². The van der Waals surface area contributed by atoms with Crippen molar-refractivity contribution in [1.82, 2.24) is 0 Å². The first-order chi connectivity index (χ1) is 8.10. The number of aromatic carboxylic acids is 1. The predicted molar refractivity (Wildman–Crippen MR) is 68.4 cm³/mol. The zero-order chi connectivity index (χ0) is 12.8. The SMILES string of the molecule is C=Cc1c(O)cc(CCCCC)cc1C(=O)O. The van der Waals surface area contributed by atoms with E-state index in [4.69, 9.17) is 5.11 Å². The van der Waals surface area contributed by atoms with Crippen LogP contribution in [0.3, 0.4) is 0 Å². The number of aryl methyl sites for hydroxylation is 1. The number of hydrogen-bond acceptors (Lipinski definition) is 2. The first-order valence-electron chi connectivity index (χ1n) is 5.81. The van der Waals surface area contributed by atoms with Gasteiger partial charge in [-0.05, 0) is 30.5 Å². The number of benzene rings is 1. The fraction of sp³-hybridized carbons (Fsp3) is 0.357. The molecule has 0 aliphatic carbocycles. The molecule has 0 radical (unpaired) electrons. The van der Waals surface area contributed by atoms with Crippen LogP contribution < -0.4 is 0 Å². The molecule has 0 atom stereocenters. The second kappa shape index (κ2) is 6.09. The molecule has 3 nitrogen and oxygen atoms in total. The standard InChI is InChI=1S/C14H18O3/c1-3-5-6-7-10-8-12(14(16)17)11(4-2)13(15)9-10/h4,8-9,15H,2-3,5-7H2,1H3,(H,16,17). The molecule has 0 aliphatic rings. The summed E-state index contributed by atoms with van der Waals surface area (Å²) in [5, 5.41) is 18.8. The molecule has 17 heavy (non-hydrogen) atoms. The molecule has 2 N–H and O–H groups in total. The van der Waals surface area contributed by atoms with Crippen LogP contribution in [0.4, 0.5) is 0 Å². The highest BCUT2D eigenvalue weighted by atomic mass is 16.4. The summed E-state index contributed by atoms with van der Waals surface area (Å²) in [4.78, 5) is 11.1. The van der Waals surface area contributed by atoms with E-state index in [1.807, 2.05) is 0 Å². The van der Waals surface area contributed by atoms with E-state index < -0.39 is 5.97 Å². The van der Waals surface area contributed by atoms with E-state index in [9.17, 15) is 9.90 Å². The summed E-state index contributed by atoms with van der Waals surface area (Å²) in [5.74, 6) is -1.04. The molecule has 0 aliphatic heterocycles. The molecular formula is C14H18O3. The summed E-state index contributed by atoms with van der Waals surface area (Å²) in [6, 6.07) is 3.24. The lowest BCUT2D eigenvalue weighted by Gasteiger charge is -2.08. The highest BCUT2D eigenvalue weighted by Crippen LogP contribution is 2.25. The number of unbranched alkanes of at least 4 members (excludes halogenated alkanes) is 2. The van der Waals surface area contributed by atoms with Gasteiger partial charge >= 0.3 is 5.97 Å². The average Bonchev–Trinajstić information content (AvgIpc) is 2.28. The number of carboxylic acids is 1. The zero-order valence-electron chi connectivity index (χ0n) is 10.1. The van der Waals surface area contributed by atoms with Crippen molar-refractivity contribution in [2.24, 2.45) is 0 Å². The van der Waals surface area contributed by atoms with Crippen LogP contribution in [0.1, 0.15) is 47.7 Å². The van der Waals surface area contributed by atoms with Crippen molar-refractivity contribution >= 4 is 12.0 Å². The first-order valence-corrected chi connectivity index (χ1v) is 5.81. The molecular weight excluding hydrogens is 216 g/mol. The highest BCUT2D eigenvalue weighted by Gasteiger charge is 2.13. The molecule has 0 aromatic heterocycles. The van der Waals surface area contributed by atoms with Crippen LogP contribution in [-0.2, 0) is 6.42 Å². The Balaban J connectivity index is 3.02. The van der Waals surface area contributed by atoms with Gasteiger partial charge in [0.25, 0.3) is 0 Å². The lowest BCUT2D eigenvalue weighted by Crippen LogP contribution is -2.01. The fourth-order valence-electron chi connectivity index (χ4n) is 1.81. The second-order valence-electron chi connectivity index (χ2n) is 4.04. The molecule has 0 saturated carbocycles. The number of carboxylic acid groups (broad SMARTS) is 1. The predicted octanol–water partition coefficient (Wildman–Crippen LogP) is 3.47. The van der Waals surface area contributed by atoms with Gasteiger partial charge in [-0.1, -0.05) is 32.4 Å². The van der Waals surface area contributed by atoms with Gasteiger partial charge in [0.05, 0.1) is 5.56 Å². The molecule has 0 saturated heterocycles. The summed E-state index contributed by atoms with van der Waals surface area (Å²) in [6.45, 7) is 5.63. The van der Waals surface area contributed by atoms with Crippen LogP contribution in [-0.4, -0.2) is 16.2 Å². The van der Waals surface area contributed by atoms with Gasteiger partial charge in [-0.15, -0.1) is 0 Å². The Morgan fingerprint density at radius 1 is 1.41 bits per heavy atom. The molecule has 1 rings (SSSR count). The number of carbonyl (C=O) groups is 1. The second-order valence-corrected chi connectivity index (χ2v) is 4.04. The summed E-state index contributed by atoms with van der Waals surface area (Å²) in [7, 11) is 0. The molecule has 0 amide bonds. The monoisotopic (exact) mass is 234 g/mol. The lowest BCUT2D eigenvalue weighted by molar-refractivity contribution is 0.0696. The van der Waals surface area contributed by atoms with Gasteiger partial charge < -0.3 is 10.2 Å². The molecule has 0 bridgehead atoms. The molecule has 3 heteroatoms. The van der Waals surface area contributed by atoms with E-state index in [-0.39, 0.29) is 16.9 Å². The maximum Gasteiger partial charge on any atom is 0.336 e. The smallest absolute Gasteiger partial charge is 0.336 e. The molecule has 1 aromatic carbocycles. The Labute approximate surface area is 101 Å². The number of phenols is 1. The summed E-state index contributed by atoms with van der Waals surface area (Å²) >= 11 is 0. The third-order valence-electron chi connectivity index (χ3n) is 2.72. The maximum atomic E-state index is 11.1. The Morgan fingerprint density at radius 3 is 2.65 bits per heavy atom. The summed E-state index contributed by atoms with van der Waals surface area (Å²) < 4.78 is 0. The van der Waals surface area contributed by atoms with Gasteiger partial charge in [-0.3, -0.25) is 0 Å². The first kappa shape index (κ1) is 13.3. The number of aromatic hydroxyl groups is 1. The van der Waals surface area contributed by atoms with Gasteiger partial charge in [0.2, 0.25) is 0 Å². The van der Waals surface area contributed by atoms with Gasteiger partial charge in [0.1, 0.15) is 5.75 Å². The van der Waals surface area contributed by atoms with Crippen molar-refractivity contribution in [2.45, 2.75) is 32.6 Å². The quantitative estimate of drug-likeness (QED) is 0.741. The average molecular weight is 234 g/mol. The number of rotatable bonds is 6. The highest BCUT2D eigenvalue weighted by molar-refractivity contribution is 5.93. The van der Waals surface area contributed by atoms with Crippen molar-refractivity contribution in [1.29, 1.82) is 0 Å². The Kier molecular flexibility index (Phi) is 4.76. The van der Waals surface area contributed by atoms with Gasteiger partial charge in [-0.2, -0.15) is 0 Å². The molecule has 0 unspecified atom stereocenters. The van der Waals surface area contributed by atoms with Crippen LogP contribution in [0.25, 0.3) is 6.08 Å². The number of phenolic OH excluding ortho intramolecular Hbond substituents is 1. The topological polar surface area (TPSA) is 57.5 Å². The van der Waals surface area contributed by atoms with Crippen molar-refractivity contribution < 1.29 is 15.0 Å². The summed E-state index contributed by atoms with van der Waals surface area (Å²) in [6.07, 6.45) is 5.38. The molecule has 0 spiro atoms. The van der Waals surface area contributed by atoms with Crippen molar-refractivity contribution in [3.8, 4) is 5.75 Å². The van der Waals surface area contributed by atoms with E-state index >= 15 is 0 Å². The normalized spacial score (nSPS) is 10.2. The fourth-order valence-corrected chi connectivity index (χ4v) is 1.81. The maximum absolute atomic E-state index is 11.1. The minimum Gasteiger partial charge on any atom is -0.507 e. The van der Waals surface area contributed by atoms with Gasteiger partial charge in [0.15, 0.2) is 0 Å². The van der Waals surface area contributed by atoms with Crippen molar-refractivity contribution in [3.05, 3.63) is 35.4 Å².